The van der Waals surface area contributed by atoms with Crippen LogP contribution in [-0.2, 0) is 16.0 Å². The summed E-state index contributed by atoms with van der Waals surface area (Å²) in [5.41, 5.74) is 2.28. The summed E-state index contributed by atoms with van der Waals surface area (Å²) in [6, 6.07) is 8.02. The molecule has 1 aromatic carbocycles. The molecule has 0 aliphatic carbocycles. The number of benzene rings is 1. The highest BCUT2D eigenvalue weighted by Gasteiger charge is 2.31. The molecule has 0 radical (unpaired) electrons. The fourth-order valence-corrected chi connectivity index (χ4v) is 4.04. The summed E-state index contributed by atoms with van der Waals surface area (Å²) in [6.07, 6.45) is 0.477. The largest absolute Gasteiger partial charge is 0.476 e. The van der Waals surface area contributed by atoms with E-state index in [1.54, 1.807) is 17.0 Å². The molecule has 1 atom stereocenters. The number of hydrogen-bond acceptors (Lipinski definition) is 6. The van der Waals surface area contributed by atoms with Crippen LogP contribution in [0.3, 0.4) is 0 Å². The molecule has 0 spiro atoms. The fraction of sp³-hybridized carbons (Fsp3) is 0.478. The van der Waals surface area contributed by atoms with Crippen LogP contribution in [0.25, 0.3) is 0 Å². The number of alkyl halides is 1. The van der Waals surface area contributed by atoms with Gasteiger partial charge in [0.25, 0.3) is 0 Å². The van der Waals surface area contributed by atoms with Gasteiger partial charge in [0.15, 0.2) is 0 Å². The SMILES string of the molecule is C[C@H]1COc2nc(OCCN3CCOCC3)c(Cc3ccc(F)cc3)cc2N1C(=O)CCl. The van der Waals surface area contributed by atoms with E-state index >= 15 is 0 Å². The van der Waals surface area contributed by atoms with Gasteiger partial charge in [0.1, 0.15) is 30.6 Å². The molecule has 1 fully saturated rings. The quantitative estimate of drug-likeness (QED) is 0.588. The van der Waals surface area contributed by atoms with E-state index in [1.165, 1.54) is 12.1 Å². The van der Waals surface area contributed by atoms with Crippen molar-refractivity contribution in [3.63, 3.8) is 0 Å². The van der Waals surface area contributed by atoms with Gasteiger partial charge in [-0.2, -0.15) is 4.98 Å². The summed E-state index contributed by atoms with van der Waals surface area (Å²) >= 11 is 5.85. The molecule has 2 aliphatic rings. The average molecular weight is 464 g/mol. The molecule has 2 aromatic rings. The second kappa shape index (κ2) is 10.5. The molecule has 2 aliphatic heterocycles. The first-order valence-corrected chi connectivity index (χ1v) is 11.3. The molecule has 7 nitrogen and oxygen atoms in total. The van der Waals surface area contributed by atoms with E-state index in [4.69, 9.17) is 25.8 Å². The number of nitrogens with zero attached hydrogens (tertiary/aromatic N) is 3. The number of carbonyl (C=O) groups excluding carboxylic acids is 1. The Hall–Kier alpha value is -2.42. The predicted molar refractivity (Wildman–Crippen MR) is 119 cm³/mol. The van der Waals surface area contributed by atoms with E-state index in [0.29, 0.717) is 37.1 Å². The highest BCUT2D eigenvalue weighted by atomic mass is 35.5. The third kappa shape index (κ3) is 5.31. The zero-order valence-corrected chi connectivity index (χ0v) is 18.8. The lowest BCUT2D eigenvalue weighted by molar-refractivity contribution is -0.117. The van der Waals surface area contributed by atoms with Crippen molar-refractivity contribution in [2.75, 3.05) is 56.8 Å². The Kier molecular flexibility index (Phi) is 7.44. The van der Waals surface area contributed by atoms with Crippen LogP contribution in [0.1, 0.15) is 18.1 Å². The van der Waals surface area contributed by atoms with Crippen LogP contribution < -0.4 is 14.4 Å². The predicted octanol–water partition coefficient (Wildman–Crippen LogP) is 2.88. The number of fused-ring (bicyclic) bond motifs is 1. The van der Waals surface area contributed by atoms with Gasteiger partial charge in [0.2, 0.25) is 17.7 Å². The molecule has 4 rings (SSSR count). The van der Waals surface area contributed by atoms with Crippen molar-refractivity contribution in [2.24, 2.45) is 0 Å². The Morgan fingerprint density at radius 2 is 2.03 bits per heavy atom. The van der Waals surface area contributed by atoms with Crippen molar-refractivity contribution in [1.29, 1.82) is 0 Å². The highest BCUT2D eigenvalue weighted by Crippen LogP contribution is 2.37. The van der Waals surface area contributed by atoms with Crippen molar-refractivity contribution >= 4 is 23.2 Å². The van der Waals surface area contributed by atoms with Gasteiger partial charge in [-0.05, 0) is 30.7 Å². The Morgan fingerprint density at radius 3 is 2.75 bits per heavy atom. The maximum atomic E-state index is 13.4. The molecule has 9 heteroatoms. The molecule has 0 bridgehead atoms. The van der Waals surface area contributed by atoms with Crippen LogP contribution >= 0.6 is 11.6 Å². The van der Waals surface area contributed by atoms with Crippen molar-refractivity contribution in [3.05, 3.63) is 47.3 Å². The average Bonchev–Trinajstić information content (AvgIpc) is 2.81. The number of ether oxygens (including phenoxy) is 3. The lowest BCUT2D eigenvalue weighted by Gasteiger charge is -2.34. The topological polar surface area (TPSA) is 64.1 Å². The Bertz CT molecular complexity index is 938. The first-order chi connectivity index (χ1) is 15.5. The lowest BCUT2D eigenvalue weighted by Crippen LogP contribution is -2.46. The van der Waals surface area contributed by atoms with E-state index < -0.39 is 0 Å². The van der Waals surface area contributed by atoms with Crippen LogP contribution in [-0.4, -0.2) is 73.8 Å². The summed E-state index contributed by atoms with van der Waals surface area (Å²) < 4.78 is 30.6. The maximum absolute atomic E-state index is 13.4. The first-order valence-electron chi connectivity index (χ1n) is 10.8. The molecule has 0 saturated carbocycles. The first kappa shape index (κ1) is 22.8. The number of pyridine rings is 1. The van der Waals surface area contributed by atoms with Crippen molar-refractivity contribution in [2.45, 2.75) is 19.4 Å². The van der Waals surface area contributed by atoms with Crippen LogP contribution in [0.2, 0.25) is 0 Å². The maximum Gasteiger partial charge on any atom is 0.242 e. The van der Waals surface area contributed by atoms with Gasteiger partial charge in [0.05, 0.1) is 19.3 Å². The molecule has 32 heavy (non-hydrogen) atoms. The zero-order valence-electron chi connectivity index (χ0n) is 18.1. The van der Waals surface area contributed by atoms with E-state index in [-0.39, 0.29) is 23.6 Å². The van der Waals surface area contributed by atoms with Crippen LogP contribution in [0, 0.1) is 5.82 Å². The molecule has 0 unspecified atom stereocenters. The lowest BCUT2D eigenvalue weighted by atomic mass is 10.0. The van der Waals surface area contributed by atoms with Crippen molar-refractivity contribution in [3.8, 4) is 11.8 Å². The fourth-order valence-electron chi connectivity index (χ4n) is 3.91. The molecule has 1 amide bonds. The van der Waals surface area contributed by atoms with Crippen LogP contribution in [0.4, 0.5) is 10.1 Å². The summed E-state index contributed by atoms with van der Waals surface area (Å²) in [7, 11) is 0. The number of morpholine rings is 1. The smallest absolute Gasteiger partial charge is 0.242 e. The van der Waals surface area contributed by atoms with Gasteiger partial charge in [-0.25, -0.2) is 4.39 Å². The molecular formula is C23H27ClFN3O4. The number of anilines is 1. The minimum atomic E-state index is -0.291. The Balaban J connectivity index is 1.61. The Morgan fingerprint density at radius 1 is 1.28 bits per heavy atom. The van der Waals surface area contributed by atoms with Crippen molar-refractivity contribution in [1.82, 2.24) is 9.88 Å². The standard InChI is InChI=1S/C23H27ClFN3O4/c1-16-15-32-23-20(28(16)21(29)14-24)13-18(12-17-2-4-19(25)5-3-17)22(26-23)31-11-8-27-6-9-30-10-7-27/h2-5,13,16H,6-12,14-15H2,1H3/t16-/m0/s1. The molecular weight excluding hydrogens is 437 g/mol. The summed E-state index contributed by atoms with van der Waals surface area (Å²) in [5.74, 6) is 0.175. The number of rotatable bonds is 7. The summed E-state index contributed by atoms with van der Waals surface area (Å²) in [4.78, 5) is 21.0. The van der Waals surface area contributed by atoms with Crippen molar-refractivity contribution < 1.29 is 23.4 Å². The highest BCUT2D eigenvalue weighted by molar-refractivity contribution is 6.29. The second-order valence-electron chi connectivity index (χ2n) is 7.94. The van der Waals surface area contributed by atoms with E-state index in [0.717, 1.165) is 44.0 Å². The minimum Gasteiger partial charge on any atom is -0.476 e. The summed E-state index contributed by atoms with van der Waals surface area (Å²) in [5, 5.41) is 0. The second-order valence-corrected chi connectivity index (χ2v) is 8.21. The molecule has 0 N–H and O–H groups in total. The van der Waals surface area contributed by atoms with E-state index in [1.807, 2.05) is 13.0 Å². The van der Waals surface area contributed by atoms with E-state index in [9.17, 15) is 9.18 Å². The number of carbonyl (C=O) groups is 1. The van der Waals surface area contributed by atoms with Crippen LogP contribution in [0.5, 0.6) is 11.8 Å². The summed E-state index contributed by atoms with van der Waals surface area (Å²) in [6.45, 7) is 6.65. The number of hydrogen-bond donors (Lipinski definition) is 0. The third-order valence-corrected chi connectivity index (χ3v) is 5.84. The van der Waals surface area contributed by atoms with E-state index in [2.05, 4.69) is 9.88 Å². The molecule has 1 aromatic heterocycles. The number of aromatic nitrogens is 1. The van der Waals surface area contributed by atoms with Gasteiger partial charge >= 0.3 is 0 Å². The van der Waals surface area contributed by atoms with Gasteiger partial charge < -0.3 is 19.1 Å². The number of halogens is 2. The minimum absolute atomic E-state index is 0.130. The molecule has 3 heterocycles. The normalized spacial score (nSPS) is 18.7. The Labute approximate surface area is 192 Å². The van der Waals surface area contributed by atoms with Gasteiger partial charge in [-0.3, -0.25) is 9.69 Å². The van der Waals surface area contributed by atoms with Gasteiger partial charge in [-0.15, -0.1) is 11.6 Å². The zero-order chi connectivity index (χ0) is 22.5. The molecule has 1 saturated heterocycles. The van der Waals surface area contributed by atoms with Gasteiger partial charge in [-0.1, -0.05) is 12.1 Å². The monoisotopic (exact) mass is 463 g/mol. The third-order valence-electron chi connectivity index (χ3n) is 5.61. The number of amides is 1. The van der Waals surface area contributed by atoms with Crippen LogP contribution in [0.15, 0.2) is 30.3 Å². The molecule has 172 valence electrons. The van der Waals surface area contributed by atoms with Gasteiger partial charge in [0, 0.05) is 31.6 Å².